The van der Waals surface area contributed by atoms with Crippen LogP contribution in [-0.4, -0.2) is 48.4 Å². The van der Waals surface area contributed by atoms with Crippen LogP contribution in [0, 0.1) is 19.7 Å². The number of nitrogens with one attached hydrogen (secondary N) is 1. The topological polar surface area (TPSA) is 35.6 Å². The fourth-order valence-corrected chi connectivity index (χ4v) is 3.29. The number of aryl methyl sites for hydroxylation is 2. The van der Waals surface area contributed by atoms with Gasteiger partial charge in [-0.05, 0) is 37.1 Å². The second-order valence-electron chi connectivity index (χ2n) is 7.07. The predicted octanol–water partition coefficient (Wildman–Crippen LogP) is 3.20. The smallest absolute Gasteiger partial charge is 0.238 e. The van der Waals surface area contributed by atoms with Gasteiger partial charge in [-0.15, -0.1) is 0 Å². The fourth-order valence-electron chi connectivity index (χ4n) is 3.29. The summed E-state index contributed by atoms with van der Waals surface area (Å²) in [6.07, 6.45) is 0. The van der Waals surface area contributed by atoms with Gasteiger partial charge in [-0.25, -0.2) is 4.39 Å². The second-order valence-corrected chi connectivity index (χ2v) is 7.07. The largest absolute Gasteiger partial charge is 0.322 e. The Morgan fingerprint density at radius 1 is 1.00 bits per heavy atom. The summed E-state index contributed by atoms with van der Waals surface area (Å²) in [5.74, 6) is -0.554. The lowest BCUT2D eigenvalue weighted by Crippen LogP contribution is -2.48. The van der Waals surface area contributed by atoms with E-state index in [2.05, 4.69) is 46.3 Å². The minimum Gasteiger partial charge on any atom is -0.322 e. The maximum absolute atomic E-state index is 13.8. The molecule has 0 aliphatic carbocycles. The molecule has 2 aromatic carbocycles. The first-order valence-electron chi connectivity index (χ1n) is 9.06. The van der Waals surface area contributed by atoms with Crippen LogP contribution in [0.1, 0.15) is 16.7 Å². The lowest BCUT2D eigenvalue weighted by Gasteiger charge is -2.34. The summed E-state index contributed by atoms with van der Waals surface area (Å²) in [5, 5.41) is 2.67. The first-order chi connectivity index (χ1) is 12.5. The average molecular weight is 355 g/mol. The molecule has 4 nitrogen and oxygen atoms in total. The number of carbonyl (C=O) groups excluding carboxylic acids is 1. The van der Waals surface area contributed by atoms with E-state index in [0.29, 0.717) is 6.54 Å². The highest BCUT2D eigenvalue weighted by molar-refractivity contribution is 5.92. The molecule has 3 rings (SSSR count). The first-order valence-corrected chi connectivity index (χ1v) is 9.06. The fraction of sp³-hybridized carbons (Fsp3) is 0.381. The number of piperazine rings is 1. The summed E-state index contributed by atoms with van der Waals surface area (Å²) < 4.78 is 13.8. The molecular weight excluding hydrogens is 329 g/mol. The van der Waals surface area contributed by atoms with Gasteiger partial charge in [-0.3, -0.25) is 14.6 Å². The van der Waals surface area contributed by atoms with E-state index in [-0.39, 0.29) is 17.4 Å². The molecule has 0 spiro atoms. The standard InChI is InChI=1S/C21H26FN3O/c1-16-4-3-5-18(12-16)14-24-8-10-25(11-9-24)15-21(26)23-20-7-6-17(2)13-19(20)22/h3-7,12-13H,8-11,14-15H2,1-2H3,(H,23,26). The van der Waals surface area contributed by atoms with Gasteiger partial charge in [0.05, 0.1) is 12.2 Å². The third kappa shape index (κ3) is 5.13. The first kappa shape index (κ1) is 18.5. The van der Waals surface area contributed by atoms with E-state index in [9.17, 15) is 9.18 Å². The van der Waals surface area contributed by atoms with Gasteiger partial charge in [-0.2, -0.15) is 0 Å². The Hall–Kier alpha value is -2.24. The molecule has 1 fully saturated rings. The van der Waals surface area contributed by atoms with E-state index >= 15 is 0 Å². The number of halogens is 1. The van der Waals surface area contributed by atoms with E-state index in [1.807, 2.05) is 6.92 Å². The van der Waals surface area contributed by atoms with Crippen molar-refractivity contribution in [2.75, 3.05) is 38.0 Å². The van der Waals surface area contributed by atoms with Gasteiger partial charge >= 0.3 is 0 Å². The van der Waals surface area contributed by atoms with Gasteiger partial charge in [0.15, 0.2) is 0 Å². The second kappa shape index (κ2) is 8.43. The van der Waals surface area contributed by atoms with E-state index in [1.165, 1.54) is 17.2 Å². The number of nitrogens with zero attached hydrogens (tertiary/aromatic N) is 2. The van der Waals surface area contributed by atoms with E-state index in [1.54, 1.807) is 12.1 Å². The van der Waals surface area contributed by atoms with Crippen LogP contribution in [0.4, 0.5) is 10.1 Å². The van der Waals surface area contributed by atoms with Gasteiger partial charge in [0, 0.05) is 32.7 Å². The van der Waals surface area contributed by atoms with Crippen molar-refractivity contribution in [3.8, 4) is 0 Å². The summed E-state index contributed by atoms with van der Waals surface area (Å²) >= 11 is 0. The number of carbonyl (C=O) groups is 1. The molecule has 26 heavy (non-hydrogen) atoms. The molecule has 0 atom stereocenters. The molecule has 0 saturated carbocycles. The summed E-state index contributed by atoms with van der Waals surface area (Å²) in [5.41, 5.74) is 3.69. The van der Waals surface area contributed by atoms with Gasteiger partial charge < -0.3 is 5.32 Å². The Morgan fingerprint density at radius 3 is 2.38 bits per heavy atom. The molecule has 1 aliphatic heterocycles. The van der Waals surface area contributed by atoms with Gasteiger partial charge in [-0.1, -0.05) is 35.9 Å². The zero-order valence-electron chi connectivity index (χ0n) is 15.5. The molecule has 0 unspecified atom stereocenters. The lowest BCUT2D eigenvalue weighted by atomic mass is 10.1. The molecule has 1 heterocycles. The summed E-state index contributed by atoms with van der Waals surface area (Å²) in [4.78, 5) is 16.7. The van der Waals surface area contributed by atoms with Crippen molar-refractivity contribution in [1.29, 1.82) is 0 Å². The minimum atomic E-state index is -0.388. The molecule has 138 valence electrons. The summed E-state index contributed by atoms with van der Waals surface area (Å²) in [7, 11) is 0. The SMILES string of the molecule is Cc1cccc(CN2CCN(CC(=O)Nc3ccc(C)cc3F)CC2)c1. The highest BCUT2D eigenvalue weighted by Gasteiger charge is 2.19. The quantitative estimate of drug-likeness (QED) is 0.895. The summed E-state index contributed by atoms with van der Waals surface area (Å²) in [6, 6.07) is 13.4. The molecule has 1 saturated heterocycles. The molecule has 0 bridgehead atoms. The van der Waals surface area contributed by atoms with Crippen molar-refractivity contribution >= 4 is 11.6 Å². The highest BCUT2D eigenvalue weighted by atomic mass is 19.1. The van der Waals surface area contributed by atoms with Crippen LogP contribution < -0.4 is 5.32 Å². The molecule has 0 aromatic heterocycles. The van der Waals surface area contributed by atoms with Crippen LogP contribution in [0.3, 0.4) is 0 Å². The zero-order valence-corrected chi connectivity index (χ0v) is 15.5. The number of amides is 1. The van der Waals surface area contributed by atoms with Crippen LogP contribution in [-0.2, 0) is 11.3 Å². The molecule has 1 amide bonds. The van der Waals surface area contributed by atoms with Crippen molar-refractivity contribution in [3.05, 3.63) is 65.0 Å². The lowest BCUT2D eigenvalue weighted by molar-refractivity contribution is -0.117. The molecule has 1 N–H and O–H groups in total. The van der Waals surface area contributed by atoms with Crippen molar-refractivity contribution in [1.82, 2.24) is 9.80 Å². The van der Waals surface area contributed by atoms with Crippen molar-refractivity contribution in [3.63, 3.8) is 0 Å². The maximum atomic E-state index is 13.8. The van der Waals surface area contributed by atoms with Crippen LogP contribution in [0.15, 0.2) is 42.5 Å². The minimum absolute atomic E-state index is 0.167. The summed E-state index contributed by atoms with van der Waals surface area (Å²) in [6.45, 7) is 8.72. The Morgan fingerprint density at radius 2 is 1.69 bits per heavy atom. The van der Waals surface area contributed by atoms with E-state index in [4.69, 9.17) is 0 Å². The highest BCUT2D eigenvalue weighted by Crippen LogP contribution is 2.15. The van der Waals surface area contributed by atoms with Crippen molar-refractivity contribution in [2.24, 2.45) is 0 Å². The van der Waals surface area contributed by atoms with Gasteiger partial charge in [0.25, 0.3) is 0 Å². The number of benzene rings is 2. The molecular formula is C21H26FN3O. The third-order valence-corrected chi connectivity index (χ3v) is 4.72. The van der Waals surface area contributed by atoms with Crippen LogP contribution in [0.2, 0.25) is 0 Å². The van der Waals surface area contributed by atoms with E-state index in [0.717, 1.165) is 38.3 Å². The zero-order chi connectivity index (χ0) is 18.5. The van der Waals surface area contributed by atoms with Gasteiger partial charge in [0.1, 0.15) is 5.82 Å². The Kier molecular flexibility index (Phi) is 6.01. The monoisotopic (exact) mass is 355 g/mol. The molecule has 0 radical (unpaired) electrons. The maximum Gasteiger partial charge on any atom is 0.238 e. The molecule has 1 aliphatic rings. The Bertz CT molecular complexity index is 770. The van der Waals surface area contributed by atoms with Gasteiger partial charge in [0.2, 0.25) is 5.91 Å². The van der Waals surface area contributed by atoms with Crippen molar-refractivity contribution in [2.45, 2.75) is 20.4 Å². The number of hydrogen-bond acceptors (Lipinski definition) is 3. The number of anilines is 1. The molecule has 2 aromatic rings. The third-order valence-electron chi connectivity index (χ3n) is 4.72. The average Bonchev–Trinajstić information content (AvgIpc) is 2.59. The van der Waals surface area contributed by atoms with Crippen LogP contribution >= 0.6 is 0 Å². The van der Waals surface area contributed by atoms with E-state index < -0.39 is 0 Å². The van der Waals surface area contributed by atoms with Crippen LogP contribution in [0.5, 0.6) is 0 Å². The number of rotatable bonds is 5. The Balaban J connectivity index is 1.45. The van der Waals surface area contributed by atoms with Crippen molar-refractivity contribution < 1.29 is 9.18 Å². The normalized spacial score (nSPS) is 15.8. The predicted molar refractivity (Wildman–Crippen MR) is 103 cm³/mol. The Labute approximate surface area is 154 Å². The van der Waals surface area contributed by atoms with Crippen LogP contribution in [0.25, 0.3) is 0 Å². The number of hydrogen-bond donors (Lipinski definition) is 1. The molecule has 5 heteroatoms.